The first-order valence-electron chi connectivity index (χ1n) is 7.74. The van der Waals surface area contributed by atoms with Crippen LogP contribution in [0.3, 0.4) is 0 Å². The van der Waals surface area contributed by atoms with Gasteiger partial charge in [-0.25, -0.2) is 0 Å². The Morgan fingerprint density at radius 3 is 2.85 bits per heavy atom. The molecule has 0 radical (unpaired) electrons. The number of thiophene rings is 1. The Kier molecular flexibility index (Phi) is 4.10. The van der Waals surface area contributed by atoms with Crippen LogP contribution < -0.4 is 4.90 Å². The summed E-state index contributed by atoms with van der Waals surface area (Å²) in [5.74, 6) is -1.39. The zero-order valence-electron chi connectivity index (χ0n) is 13.4. The van der Waals surface area contributed by atoms with Crippen LogP contribution in [0.25, 0.3) is 10.6 Å². The van der Waals surface area contributed by atoms with Crippen LogP contribution in [0.5, 0.6) is 0 Å². The molecule has 1 aliphatic rings. The molecule has 0 N–H and O–H groups in total. The number of hydrogen-bond acceptors (Lipinski definition) is 7. The van der Waals surface area contributed by atoms with Gasteiger partial charge in [0.25, 0.3) is 11.7 Å². The van der Waals surface area contributed by atoms with Crippen molar-refractivity contribution in [1.29, 1.82) is 0 Å². The number of Topliss-reactive ketones (excluding diaryl/α,β-unsaturated/α-hetero) is 1. The van der Waals surface area contributed by atoms with Crippen molar-refractivity contribution in [1.82, 2.24) is 5.16 Å². The van der Waals surface area contributed by atoms with Crippen LogP contribution in [0.4, 0.5) is 5.69 Å². The monoisotopic (exact) mass is 368 g/mol. The highest BCUT2D eigenvalue weighted by Crippen LogP contribution is 2.28. The molecule has 0 fully saturated rings. The number of anilines is 1. The van der Waals surface area contributed by atoms with Gasteiger partial charge in [0.05, 0.1) is 16.1 Å². The highest BCUT2D eigenvalue weighted by molar-refractivity contribution is 7.13. The number of esters is 1. The van der Waals surface area contributed by atoms with E-state index in [9.17, 15) is 14.4 Å². The Morgan fingerprint density at radius 2 is 2.04 bits per heavy atom. The molecule has 2 aromatic heterocycles. The summed E-state index contributed by atoms with van der Waals surface area (Å²) < 4.78 is 10.4. The smallest absolute Gasteiger partial charge is 0.326 e. The third-order valence-corrected chi connectivity index (χ3v) is 4.75. The molecule has 8 heteroatoms. The lowest BCUT2D eigenvalue weighted by Gasteiger charge is -2.15. The van der Waals surface area contributed by atoms with Gasteiger partial charge < -0.3 is 9.26 Å². The van der Waals surface area contributed by atoms with Crippen LogP contribution in [0.1, 0.15) is 16.1 Å². The molecule has 0 saturated heterocycles. The summed E-state index contributed by atoms with van der Waals surface area (Å²) in [5.41, 5.74) is 1.18. The van der Waals surface area contributed by atoms with E-state index < -0.39 is 17.7 Å². The van der Waals surface area contributed by atoms with E-state index in [1.165, 1.54) is 11.3 Å². The average Bonchev–Trinajstić information content (AvgIpc) is 3.38. The molecule has 0 aliphatic carbocycles. The molecule has 26 heavy (non-hydrogen) atoms. The summed E-state index contributed by atoms with van der Waals surface area (Å²) in [4.78, 5) is 38.1. The zero-order chi connectivity index (χ0) is 18.1. The quantitative estimate of drug-likeness (QED) is 0.508. The molecule has 1 amide bonds. The van der Waals surface area contributed by atoms with Gasteiger partial charge in [0.1, 0.15) is 18.8 Å². The third kappa shape index (κ3) is 2.91. The number of rotatable bonds is 5. The highest BCUT2D eigenvalue weighted by atomic mass is 32.1. The third-order valence-electron chi connectivity index (χ3n) is 3.87. The number of ether oxygens (including phenoxy) is 1. The van der Waals surface area contributed by atoms with Crippen molar-refractivity contribution in [3.8, 4) is 10.6 Å². The second kappa shape index (κ2) is 6.57. The molecular formula is C18H12N2O5S. The van der Waals surface area contributed by atoms with E-state index in [-0.39, 0.29) is 13.2 Å². The molecule has 1 aromatic carbocycles. The minimum atomic E-state index is -0.732. The SMILES string of the molecule is O=C(CN1C(=O)C(=O)c2ccccc21)OCc1cc(-c2cccs2)on1. The zero-order valence-corrected chi connectivity index (χ0v) is 14.2. The van der Waals surface area contributed by atoms with Crippen molar-refractivity contribution in [2.45, 2.75) is 6.61 Å². The second-order valence-electron chi connectivity index (χ2n) is 5.56. The fourth-order valence-electron chi connectivity index (χ4n) is 2.65. The summed E-state index contributed by atoms with van der Waals surface area (Å²) in [6, 6.07) is 12.0. The topological polar surface area (TPSA) is 89.7 Å². The van der Waals surface area contributed by atoms with Crippen LogP contribution in [0, 0.1) is 0 Å². The summed E-state index contributed by atoms with van der Waals surface area (Å²) in [6.07, 6.45) is 0. The largest absolute Gasteiger partial charge is 0.458 e. The van der Waals surface area contributed by atoms with Crippen molar-refractivity contribution in [2.24, 2.45) is 0 Å². The second-order valence-corrected chi connectivity index (χ2v) is 6.51. The van der Waals surface area contributed by atoms with Gasteiger partial charge in [0.2, 0.25) is 0 Å². The highest BCUT2D eigenvalue weighted by Gasteiger charge is 2.36. The molecule has 0 saturated carbocycles. The van der Waals surface area contributed by atoms with Crippen molar-refractivity contribution in [3.63, 3.8) is 0 Å². The number of fused-ring (bicyclic) bond motifs is 1. The van der Waals surface area contributed by atoms with Gasteiger partial charge in [-0.05, 0) is 23.6 Å². The molecule has 0 unspecified atom stereocenters. The molecule has 1 aliphatic heterocycles. The van der Waals surface area contributed by atoms with E-state index in [4.69, 9.17) is 9.26 Å². The first-order valence-corrected chi connectivity index (χ1v) is 8.62. The van der Waals surface area contributed by atoms with Gasteiger partial charge in [0.15, 0.2) is 5.76 Å². The first kappa shape index (κ1) is 16.2. The van der Waals surface area contributed by atoms with Gasteiger partial charge in [-0.15, -0.1) is 11.3 Å². The summed E-state index contributed by atoms with van der Waals surface area (Å²) in [7, 11) is 0. The van der Waals surface area contributed by atoms with E-state index in [2.05, 4.69) is 5.16 Å². The molecule has 0 bridgehead atoms. The van der Waals surface area contributed by atoms with Crippen molar-refractivity contribution >= 4 is 34.7 Å². The molecule has 3 aromatic rings. The van der Waals surface area contributed by atoms with Crippen LogP contribution >= 0.6 is 11.3 Å². The molecule has 130 valence electrons. The molecule has 3 heterocycles. The number of hydrogen-bond donors (Lipinski definition) is 0. The number of carbonyl (C=O) groups is 3. The van der Waals surface area contributed by atoms with Crippen molar-refractivity contribution < 1.29 is 23.6 Å². The maximum atomic E-state index is 12.1. The Labute approximate surface area is 151 Å². The fraction of sp³-hybridized carbons (Fsp3) is 0.111. The minimum Gasteiger partial charge on any atom is -0.458 e. The summed E-state index contributed by atoms with van der Waals surface area (Å²) in [6.45, 7) is -0.414. The number of nitrogens with zero attached hydrogens (tertiary/aromatic N) is 2. The maximum absolute atomic E-state index is 12.1. The number of benzene rings is 1. The van der Waals surface area contributed by atoms with Crippen molar-refractivity contribution in [2.75, 3.05) is 11.4 Å². The number of carbonyl (C=O) groups excluding carboxylic acids is 3. The van der Waals surface area contributed by atoms with Crippen LogP contribution in [0.2, 0.25) is 0 Å². The Balaban J connectivity index is 1.39. The molecule has 7 nitrogen and oxygen atoms in total. The number of amides is 1. The molecule has 4 rings (SSSR count). The van der Waals surface area contributed by atoms with E-state index in [1.807, 2.05) is 17.5 Å². The first-order chi connectivity index (χ1) is 12.6. The van der Waals surface area contributed by atoms with E-state index >= 15 is 0 Å². The summed E-state index contributed by atoms with van der Waals surface area (Å²) in [5, 5.41) is 5.78. The van der Waals surface area contributed by atoms with Gasteiger partial charge in [-0.2, -0.15) is 0 Å². The summed E-state index contributed by atoms with van der Waals surface area (Å²) >= 11 is 1.51. The predicted molar refractivity (Wildman–Crippen MR) is 92.7 cm³/mol. The van der Waals surface area contributed by atoms with Gasteiger partial charge >= 0.3 is 5.97 Å². The number of ketones is 1. The predicted octanol–water partition coefficient (Wildman–Crippen LogP) is 2.68. The number of aromatic nitrogens is 1. The van der Waals surface area contributed by atoms with E-state index in [1.54, 1.807) is 30.3 Å². The van der Waals surface area contributed by atoms with Crippen LogP contribution in [-0.4, -0.2) is 29.4 Å². The Bertz CT molecular complexity index is 993. The van der Waals surface area contributed by atoms with Gasteiger partial charge in [-0.1, -0.05) is 23.4 Å². The minimum absolute atomic E-state index is 0.0780. The maximum Gasteiger partial charge on any atom is 0.326 e. The van der Waals surface area contributed by atoms with Crippen molar-refractivity contribution in [3.05, 3.63) is 59.1 Å². The van der Waals surface area contributed by atoms with Gasteiger partial charge in [0, 0.05) is 6.07 Å². The van der Waals surface area contributed by atoms with E-state index in [0.717, 1.165) is 9.78 Å². The van der Waals surface area contributed by atoms with Crippen LogP contribution in [0.15, 0.2) is 52.4 Å². The fourth-order valence-corrected chi connectivity index (χ4v) is 3.32. The average molecular weight is 368 g/mol. The lowest BCUT2D eigenvalue weighted by Crippen LogP contribution is -2.35. The standard InChI is InChI=1S/C18H12N2O5S/c21-16(9-20-13-5-2-1-4-12(13)17(22)18(20)23)24-10-11-8-14(25-19-11)15-6-3-7-26-15/h1-8H,9-10H2. The normalized spacial score (nSPS) is 13.2. The lowest BCUT2D eigenvalue weighted by atomic mass is 10.1. The van der Waals surface area contributed by atoms with E-state index in [0.29, 0.717) is 22.7 Å². The molecular weight excluding hydrogens is 356 g/mol. The molecule has 0 spiro atoms. The Morgan fingerprint density at radius 1 is 1.19 bits per heavy atom. The Hall–Kier alpha value is -3.26. The molecule has 0 atom stereocenters. The number of para-hydroxylation sites is 1. The lowest BCUT2D eigenvalue weighted by molar-refractivity contribution is -0.144. The van der Waals surface area contributed by atoms with Gasteiger partial charge in [-0.3, -0.25) is 19.3 Å². The van der Waals surface area contributed by atoms with Crippen LogP contribution in [-0.2, 0) is 20.9 Å².